The number of nitrogens with one attached hydrogen (secondary N) is 1. The van der Waals surface area contributed by atoms with Crippen molar-refractivity contribution in [3.63, 3.8) is 0 Å². The number of benzene rings is 2. The molecule has 1 N–H and O–H groups in total. The SMILES string of the molecule is COc1cccc([C@@H]2Nc3c(cccc3C(F)(F)F)[C@@H]3C=CC[C@@H]32)c1OC. The second kappa shape index (κ2) is 6.51. The summed E-state index contributed by atoms with van der Waals surface area (Å²) in [4.78, 5) is 0. The monoisotopic (exact) mass is 375 g/mol. The Hall–Kier alpha value is -2.63. The van der Waals surface area contributed by atoms with Gasteiger partial charge in [-0.1, -0.05) is 36.4 Å². The Bertz CT molecular complexity index is 891. The van der Waals surface area contributed by atoms with Crippen LogP contribution in [0, 0.1) is 5.92 Å². The molecular weight excluding hydrogens is 355 g/mol. The fraction of sp³-hybridized carbons (Fsp3) is 0.333. The van der Waals surface area contributed by atoms with E-state index in [1.807, 2.05) is 24.3 Å². The van der Waals surface area contributed by atoms with Gasteiger partial charge >= 0.3 is 6.18 Å². The van der Waals surface area contributed by atoms with Crippen LogP contribution in [0.3, 0.4) is 0 Å². The minimum Gasteiger partial charge on any atom is -0.493 e. The molecule has 4 rings (SSSR count). The van der Waals surface area contributed by atoms with Gasteiger partial charge in [-0.05, 0) is 30.0 Å². The molecule has 1 heterocycles. The minimum atomic E-state index is -4.42. The molecule has 2 aliphatic rings. The van der Waals surface area contributed by atoms with Crippen LogP contribution in [0.1, 0.15) is 35.1 Å². The quantitative estimate of drug-likeness (QED) is 0.714. The lowest BCUT2D eigenvalue weighted by Crippen LogP contribution is -2.31. The van der Waals surface area contributed by atoms with Crippen LogP contribution in [0.4, 0.5) is 18.9 Å². The summed E-state index contributed by atoms with van der Waals surface area (Å²) in [5, 5.41) is 3.19. The number of methoxy groups -OCH3 is 2. The molecule has 0 fully saturated rings. The van der Waals surface area contributed by atoms with Crippen molar-refractivity contribution in [1.29, 1.82) is 0 Å². The lowest BCUT2D eigenvalue weighted by Gasteiger charge is -2.39. The molecule has 0 saturated carbocycles. The number of halogens is 3. The molecule has 2 aromatic rings. The average Bonchev–Trinajstić information content (AvgIpc) is 3.15. The first-order chi connectivity index (χ1) is 13.0. The maximum Gasteiger partial charge on any atom is 0.418 e. The van der Waals surface area contributed by atoms with Crippen LogP contribution < -0.4 is 14.8 Å². The number of anilines is 1. The summed E-state index contributed by atoms with van der Waals surface area (Å²) in [5.41, 5.74) is 1.03. The summed E-state index contributed by atoms with van der Waals surface area (Å²) in [7, 11) is 3.09. The highest BCUT2D eigenvalue weighted by Gasteiger charge is 2.43. The van der Waals surface area contributed by atoms with Crippen molar-refractivity contribution in [3.05, 3.63) is 65.2 Å². The maximum absolute atomic E-state index is 13.6. The van der Waals surface area contributed by atoms with Gasteiger partial charge in [-0.2, -0.15) is 13.2 Å². The molecule has 0 aromatic heterocycles. The van der Waals surface area contributed by atoms with Gasteiger partial charge in [0.25, 0.3) is 0 Å². The third-order valence-corrected chi connectivity index (χ3v) is 5.47. The molecule has 0 radical (unpaired) electrons. The van der Waals surface area contributed by atoms with E-state index in [0.29, 0.717) is 17.1 Å². The molecule has 0 unspecified atom stereocenters. The molecular formula is C21H20F3NO2. The van der Waals surface area contributed by atoms with Crippen molar-refractivity contribution in [2.24, 2.45) is 5.92 Å². The van der Waals surface area contributed by atoms with Crippen molar-refractivity contribution in [3.8, 4) is 11.5 Å². The smallest absolute Gasteiger partial charge is 0.418 e. The number of hydrogen-bond donors (Lipinski definition) is 1. The highest BCUT2D eigenvalue weighted by atomic mass is 19.4. The maximum atomic E-state index is 13.6. The standard InChI is InChI=1S/C21H20F3NO2/c1-26-17-11-5-9-15(20(17)27-2)18-13-7-3-6-12(13)14-8-4-10-16(19(14)25-18)21(22,23)24/h3-6,8-13,18,25H,7H2,1-2H3/t12-,13+,18-/m1/s1. The van der Waals surface area contributed by atoms with E-state index >= 15 is 0 Å². The number of ether oxygens (including phenoxy) is 2. The number of para-hydroxylation sites is 2. The second-order valence-corrected chi connectivity index (χ2v) is 6.83. The topological polar surface area (TPSA) is 30.5 Å². The Morgan fingerprint density at radius 2 is 1.74 bits per heavy atom. The van der Waals surface area contributed by atoms with Crippen LogP contribution in [0.15, 0.2) is 48.6 Å². The summed E-state index contributed by atoms with van der Waals surface area (Å²) >= 11 is 0. The van der Waals surface area contributed by atoms with E-state index < -0.39 is 11.7 Å². The zero-order valence-electron chi connectivity index (χ0n) is 15.0. The zero-order chi connectivity index (χ0) is 19.2. The Balaban J connectivity index is 1.87. The highest BCUT2D eigenvalue weighted by Crippen LogP contribution is 2.54. The van der Waals surface area contributed by atoms with E-state index in [1.54, 1.807) is 26.4 Å². The van der Waals surface area contributed by atoms with Crippen molar-refractivity contribution >= 4 is 5.69 Å². The molecule has 1 aliphatic heterocycles. The molecule has 142 valence electrons. The summed E-state index contributed by atoms with van der Waals surface area (Å²) in [6, 6.07) is 9.58. The van der Waals surface area contributed by atoms with Crippen molar-refractivity contribution in [2.75, 3.05) is 19.5 Å². The van der Waals surface area contributed by atoms with Crippen LogP contribution in [0.2, 0.25) is 0 Å². The largest absolute Gasteiger partial charge is 0.493 e. The normalized spacial score (nSPS) is 23.4. The first-order valence-electron chi connectivity index (χ1n) is 8.80. The van der Waals surface area contributed by atoms with E-state index in [2.05, 4.69) is 5.32 Å². The third-order valence-electron chi connectivity index (χ3n) is 5.47. The number of fused-ring (bicyclic) bond motifs is 3. The van der Waals surface area contributed by atoms with Gasteiger partial charge in [0.2, 0.25) is 0 Å². The molecule has 6 heteroatoms. The number of rotatable bonds is 3. The molecule has 0 amide bonds. The van der Waals surface area contributed by atoms with E-state index in [0.717, 1.165) is 18.1 Å². The van der Waals surface area contributed by atoms with Gasteiger partial charge in [-0.3, -0.25) is 0 Å². The van der Waals surface area contributed by atoms with Crippen LogP contribution in [0.25, 0.3) is 0 Å². The Labute approximate surface area is 155 Å². The third kappa shape index (κ3) is 2.83. The fourth-order valence-electron chi connectivity index (χ4n) is 4.32. The first-order valence-corrected chi connectivity index (χ1v) is 8.80. The van der Waals surface area contributed by atoms with Gasteiger partial charge in [-0.25, -0.2) is 0 Å². The van der Waals surface area contributed by atoms with Crippen molar-refractivity contribution < 1.29 is 22.6 Å². The number of alkyl halides is 3. The molecule has 3 atom stereocenters. The van der Waals surface area contributed by atoms with Gasteiger partial charge < -0.3 is 14.8 Å². The highest BCUT2D eigenvalue weighted by molar-refractivity contribution is 5.66. The molecule has 27 heavy (non-hydrogen) atoms. The molecule has 2 aromatic carbocycles. The summed E-state index contributed by atoms with van der Waals surface area (Å²) < 4.78 is 51.8. The van der Waals surface area contributed by atoms with Crippen LogP contribution in [-0.4, -0.2) is 14.2 Å². The summed E-state index contributed by atoms with van der Waals surface area (Å²) in [6.07, 6.45) is 0.436. The molecule has 3 nitrogen and oxygen atoms in total. The molecule has 0 saturated heterocycles. The van der Waals surface area contributed by atoms with E-state index in [4.69, 9.17) is 9.47 Å². The van der Waals surface area contributed by atoms with E-state index in [9.17, 15) is 13.2 Å². The van der Waals surface area contributed by atoms with E-state index in [-0.39, 0.29) is 23.6 Å². The van der Waals surface area contributed by atoms with E-state index in [1.165, 1.54) is 6.07 Å². The van der Waals surface area contributed by atoms with Gasteiger partial charge in [0, 0.05) is 11.5 Å². The summed E-state index contributed by atoms with van der Waals surface area (Å²) in [6.45, 7) is 0. The van der Waals surface area contributed by atoms with Gasteiger partial charge in [0.05, 0.1) is 31.5 Å². The van der Waals surface area contributed by atoms with Gasteiger partial charge in [0.15, 0.2) is 11.5 Å². The Kier molecular flexibility index (Phi) is 4.29. The molecule has 0 bridgehead atoms. The Morgan fingerprint density at radius 3 is 2.44 bits per heavy atom. The predicted molar refractivity (Wildman–Crippen MR) is 97.3 cm³/mol. The number of hydrogen-bond acceptors (Lipinski definition) is 3. The number of allylic oxidation sites excluding steroid dienone is 2. The van der Waals surface area contributed by atoms with Crippen LogP contribution in [0.5, 0.6) is 11.5 Å². The van der Waals surface area contributed by atoms with Crippen molar-refractivity contribution in [1.82, 2.24) is 0 Å². The summed E-state index contributed by atoms with van der Waals surface area (Å²) in [5.74, 6) is 1.16. The van der Waals surface area contributed by atoms with Gasteiger partial charge in [-0.15, -0.1) is 0 Å². The van der Waals surface area contributed by atoms with Crippen LogP contribution in [-0.2, 0) is 6.18 Å². The molecule has 1 aliphatic carbocycles. The first kappa shape index (κ1) is 17.8. The van der Waals surface area contributed by atoms with Crippen molar-refractivity contribution in [2.45, 2.75) is 24.6 Å². The lowest BCUT2D eigenvalue weighted by atomic mass is 9.76. The predicted octanol–water partition coefficient (Wildman–Crippen LogP) is 5.55. The fourth-order valence-corrected chi connectivity index (χ4v) is 4.32. The second-order valence-electron chi connectivity index (χ2n) is 6.83. The van der Waals surface area contributed by atoms with Crippen LogP contribution >= 0.6 is 0 Å². The zero-order valence-corrected chi connectivity index (χ0v) is 15.0. The average molecular weight is 375 g/mol. The van der Waals surface area contributed by atoms with Gasteiger partial charge in [0.1, 0.15) is 0 Å². The Morgan fingerprint density at radius 1 is 1.00 bits per heavy atom. The minimum absolute atomic E-state index is 0.0653. The molecule has 0 spiro atoms. The lowest BCUT2D eigenvalue weighted by molar-refractivity contribution is -0.137.